The molecule has 0 radical (unpaired) electrons. The molecule has 0 spiro atoms. The van der Waals surface area contributed by atoms with Crippen LogP contribution in [-0.2, 0) is 6.54 Å². The van der Waals surface area contributed by atoms with Crippen LogP contribution in [0.15, 0.2) is 30.3 Å². The molecule has 1 heterocycles. The second-order valence-corrected chi connectivity index (χ2v) is 5.06. The van der Waals surface area contributed by atoms with Crippen molar-refractivity contribution in [3.05, 3.63) is 46.6 Å². The molecule has 2 N–H and O–H groups in total. The van der Waals surface area contributed by atoms with Gasteiger partial charge in [0.15, 0.2) is 0 Å². The second kappa shape index (κ2) is 7.10. The number of aromatic nitrogens is 2. The number of nitrogens with one attached hydrogen (secondary N) is 2. The predicted octanol–water partition coefficient (Wildman–Crippen LogP) is 3.87. The molecule has 0 saturated carbocycles. The second-order valence-electron chi connectivity index (χ2n) is 4.63. The van der Waals surface area contributed by atoms with Gasteiger partial charge in [-0.3, -0.25) is 0 Å². The van der Waals surface area contributed by atoms with Crippen LogP contribution >= 0.6 is 11.6 Å². The van der Waals surface area contributed by atoms with Crippen molar-refractivity contribution >= 4 is 23.4 Å². The minimum atomic E-state index is 0.667. The number of aryl methyl sites for hydroxylation is 1. The van der Waals surface area contributed by atoms with Crippen molar-refractivity contribution in [3.8, 4) is 0 Å². The van der Waals surface area contributed by atoms with Gasteiger partial charge in [0.1, 0.15) is 5.82 Å². The molecular weight excluding hydrogens is 272 g/mol. The van der Waals surface area contributed by atoms with Crippen molar-refractivity contribution in [2.24, 2.45) is 0 Å². The maximum Gasteiger partial charge on any atom is 0.224 e. The Balaban J connectivity index is 2.03. The molecule has 0 amide bonds. The lowest BCUT2D eigenvalue weighted by Gasteiger charge is -2.09. The minimum Gasteiger partial charge on any atom is -0.366 e. The highest BCUT2D eigenvalue weighted by Crippen LogP contribution is 2.14. The van der Waals surface area contributed by atoms with Gasteiger partial charge >= 0.3 is 0 Å². The van der Waals surface area contributed by atoms with E-state index in [1.54, 1.807) is 0 Å². The van der Waals surface area contributed by atoms with Gasteiger partial charge < -0.3 is 10.6 Å². The highest BCUT2D eigenvalue weighted by atomic mass is 35.5. The average Bonchev–Trinajstić information content (AvgIpc) is 2.42. The van der Waals surface area contributed by atoms with Gasteiger partial charge in [-0.2, -0.15) is 4.98 Å². The van der Waals surface area contributed by atoms with Crippen LogP contribution in [0.2, 0.25) is 5.02 Å². The number of nitrogens with zero attached hydrogens (tertiary/aromatic N) is 2. The van der Waals surface area contributed by atoms with E-state index in [0.717, 1.165) is 35.1 Å². The molecule has 2 aromatic rings. The summed E-state index contributed by atoms with van der Waals surface area (Å²) in [6, 6.07) is 9.72. The predicted molar refractivity (Wildman–Crippen MR) is 84.3 cm³/mol. The monoisotopic (exact) mass is 290 g/mol. The highest BCUT2D eigenvalue weighted by Gasteiger charge is 2.02. The first-order chi connectivity index (χ1) is 9.67. The summed E-state index contributed by atoms with van der Waals surface area (Å²) in [5.74, 6) is 1.48. The number of hydrogen-bond donors (Lipinski definition) is 2. The third kappa shape index (κ3) is 4.38. The van der Waals surface area contributed by atoms with Gasteiger partial charge in [-0.05, 0) is 31.0 Å². The van der Waals surface area contributed by atoms with E-state index in [4.69, 9.17) is 11.6 Å². The molecule has 0 saturated heterocycles. The van der Waals surface area contributed by atoms with E-state index in [1.807, 2.05) is 37.3 Å². The van der Waals surface area contributed by atoms with Crippen molar-refractivity contribution in [2.45, 2.75) is 26.8 Å². The Labute approximate surface area is 124 Å². The molecule has 0 aliphatic heterocycles. The fourth-order valence-electron chi connectivity index (χ4n) is 1.81. The number of benzene rings is 1. The van der Waals surface area contributed by atoms with E-state index in [-0.39, 0.29) is 0 Å². The van der Waals surface area contributed by atoms with Crippen molar-refractivity contribution < 1.29 is 0 Å². The van der Waals surface area contributed by atoms with Crippen molar-refractivity contribution in [1.29, 1.82) is 0 Å². The largest absolute Gasteiger partial charge is 0.366 e. The minimum absolute atomic E-state index is 0.667. The van der Waals surface area contributed by atoms with Crippen LogP contribution in [0.4, 0.5) is 11.8 Å². The van der Waals surface area contributed by atoms with Gasteiger partial charge in [-0.25, -0.2) is 4.98 Å². The standard InChI is InChI=1S/C15H19ClN4/c1-3-7-17-15-19-11(2)8-14(20-15)18-10-12-5-4-6-13(16)9-12/h4-6,8-9H,3,7,10H2,1-2H3,(H2,17,18,19,20). The molecule has 1 aromatic carbocycles. The summed E-state index contributed by atoms with van der Waals surface area (Å²) in [7, 11) is 0. The van der Waals surface area contributed by atoms with Crippen LogP contribution in [0.3, 0.4) is 0 Å². The van der Waals surface area contributed by atoms with Gasteiger partial charge in [0, 0.05) is 29.9 Å². The van der Waals surface area contributed by atoms with Crippen molar-refractivity contribution in [1.82, 2.24) is 9.97 Å². The number of hydrogen-bond acceptors (Lipinski definition) is 4. The van der Waals surface area contributed by atoms with E-state index >= 15 is 0 Å². The smallest absolute Gasteiger partial charge is 0.224 e. The van der Waals surface area contributed by atoms with Gasteiger partial charge in [-0.1, -0.05) is 30.7 Å². The maximum absolute atomic E-state index is 5.97. The molecule has 2 rings (SSSR count). The van der Waals surface area contributed by atoms with Crippen molar-refractivity contribution in [3.63, 3.8) is 0 Å². The van der Waals surface area contributed by atoms with E-state index in [1.165, 1.54) is 0 Å². The number of halogens is 1. The topological polar surface area (TPSA) is 49.8 Å². The zero-order valence-electron chi connectivity index (χ0n) is 11.8. The van der Waals surface area contributed by atoms with Crippen LogP contribution in [0.1, 0.15) is 24.6 Å². The molecule has 0 bridgehead atoms. The molecule has 0 atom stereocenters. The lowest BCUT2D eigenvalue weighted by atomic mass is 10.2. The van der Waals surface area contributed by atoms with Gasteiger partial charge in [0.2, 0.25) is 5.95 Å². The first-order valence-corrected chi connectivity index (χ1v) is 7.13. The fourth-order valence-corrected chi connectivity index (χ4v) is 2.03. The molecule has 5 heteroatoms. The first-order valence-electron chi connectivity index (χ1n) is 6.75. The van der Waals surface area contributed by atoms with Gasteiger partial charge in [0.05, 0.1) is 0 Å². The van der Waals surface area contributed by atoms with Crippen LogP contribution in [0, 0.1) is 6.92 Å². The summed E-state index contributed by atoms with van der Waals surface area (Å²) in [6.45, 7) is 5.63. The Kier molecular flexibility index (Phi) is 5.18. The summed E-state index contributed by atoms with van der Waals surface area (Å²) in [6.07, 6.45) is 1.04. The van der Waals surface area contributed by atoms with E-state index in [2.05, 4.69) is 27.5 Å². The van der Waals surface area contributed by atoms with E-state index in [0.29, 0.717) is 12.5 Å². The Hall–Kier alpha value is -1.81. The Morgan fingerprint density at radius 2 is 2.00 bits per heavy atom. The molecule has 0 aliphatic carbocycles. The van der Waals surface area contributed by atoms with Crippen LogP contribution in [0.25, 0.3) is 0 Å². The van der Waals surface area contributed by atoms with E-state index in [9.17, 15) is 0 Å². The Morgan fingerprint density at radius 1 is 1.15 bits per heavy atom. The zero-order chi connectivity index (χ0) is 14.4. The lowest BCUT2D eigenvalue weighted by molar-refractivity contribution is 0.943. The number of rotatable bonds is 6. The highest BCUT2D eigenvalue weighted by molar-refractivity contribution is 6.30. The summed E-state index contributed by atoms with van der Waals surface area (Å²) in [4.78, 5) is 8.80. The van der Waals surface area contributed by atoms with Crippen molar-refractivity contribution in [2.75, 3.05) is 17.2 Å². The first kappa shape index (κ1) is 14.6. The van der Waals surface area contributed by atoms with Gasteiger partial charge in [0.25, 0.3) is 0 Å². The van der Waals surface area contributed by atoms with Crippen LogP contribution in [-0.4, -0.2) is 16.5 Å². The molecule has 20 heavy (non-hydrogen) atoms. The normalized spacial score (nSPS) is 10.3. The Morgan fingerprint density at radius 3 is 2.75 bits per heavy atom. The molecule has 4 nitrogen and oxygen atoms in total. The number of anilines is 2. The molecule has 1 aromatic heterocycles. The summed E-state index contributed by atoms with van der Waals surface area (Å²) in [5, 5.41) is 7.24. The maximum atomic E-state index is 5.97. The lowest BCUT2D eigenvalue weighted by Crippen LogP contribution is -2.08. The fraction of sp³-hybridized carbons (Fsp3) is 0.333. The van der Waals surface area contributed by atoms with Gasteiger partial charge in [-0.15, -0.1) is 0 Å². The molecule has 0 fully saturated rings. The summed E-state index contributed by atoms with van der Waals surface area (Å²) in [5.41, 5.74) is 2.06. The Bertz CT molecular complexity index is 572. The summed E-state index contributed by atoms with van der Waals surface area (Å²) >= 11 is 5.97. The SMILES string of the molecule is CCCNc1nc(C)cc(NCc2cccc(Cl)c2)n1. The molecule has 0 unspecified atom stereocenters. The average molecular weight is 291 g/mol. The van der Waals surface area contributed by atoms with E-state index < -0.39 is 0 Å². The quantitative estimate of drug-likeness (QED) is 0.848. The van der Waals surface area contributed by atoms with Crippen LogP contribution in [0.5, 0.6) is 0 Å². The zero-order valence-corrected chi connectivity index (χ0v) is 12.5. The summed E-state index contributed by atoms with van der Waals surface area (Å²) < 4.78 is 0. The van der Waals surface area contributed by atoms with Crippen LogP contribution < -0.4 is 10.6 Å². The third-order valence-corrected chi connectivity index (χ3v) is 2.99. The third-order valence-electron chi connectivity index (χ3n) is 2.75. The molecular formula is C15H19ClN4. The molecule has 0 aliphatic rings. The molecule has 106 valence electrons.